The van der Waals surface area contributed by atoms with E-state index in [0.717, 1.165) is 38.8 Å². The van der Waals surface area contributed by atoms with Gasteiger partial charge >= 0.3 is 0 Å². The summed E-state index contributed by atoms with van der Waals surface area (Å²) < 4.78 is 5.51. The van der Waals surface area contributed by atoms with Crippen molar-refractivity contribution in [1.82, 2.24) is 0 Å². The quantitative estimate of drug-likeness (QED) is 0.516. The van der Waals surface area contributed by atoms with Crippen LogP contribution in [0.3, 0.4) is 0 Å². The highest BCUT2D eigenvalue weighted by molar-refractivity contribution is 6.26. The van der Waals surface area contributed by atoms with Crippen LogP contribution >= 0.6 is 0 Å². The molecule has 0 saturated carbocycles. The van der Waals surface area contributed by atoms with Crippen LogP contribution in [0.1, 0.15) is 15.9 Å². The molecule has 1 aliphatic carbocycles. The number of fused-ring (bicyclic) bond motifs is 2. The molecule has 0 heterocycles. The molecule has 2 heteroatoms. The highest BCUT2D eigenvalue weighted by Gasteiger charge is 2.26. The van der Waals surface area contributed by atoms with E-state index in [-0.39, 0.29) is 5.78 Å². The smallest absolute Gasteiger partial charge is 0.194 e. The first-order valence-electron chi connectivity index (χ1n) is 6.55. The zero-order valence-electron chi connectivity index (χ0n) is 11.0. The molecule has 1 aliphatic rings. The molecule has 2 nitrogen and oxygen atoms in total. The Morgan fingerprint density at radius 2 is 1.55 bits per heavy atom. The summed E-state index contributed by atoms with van der Waals surface area (Å²) in [4.78, 5) is 12.7. The van der Waals surface area contributed by atoms with Gasteiger partial charge in [-0.25, -0.2) is 0 Å². The minimum absolute atomic E-state index is 0.0898. The normalized spacial score (nSPS) is 12.3. The van der Waals surface area contributed by atoms with Gasteiger partial charge in [0.25, 0.3) is 0 Å². The van der Waals surface area contributed by atoms with Crippen LogP contribution in [-0.4, -0.2) is 12.9 Å². The number of methoxy groups -OCH3 is 1. The van der Waals surface area contributed by atoms with Crippen LogP contribution in [0.15, 0.2) is 54.6 Å². The molecular weight excluding hydrogens is 248 g/mol. The Kier molecular flexibility index (Phi) is 2.21. The van der Waals surface area contributed by atoms with Crippen LogP contribution in [-0.2, 0) is 0 Å². The van der Waals surface area contributed by atoms with Crippen LogP contribution in [0.4, 0.5) is 0 Å². The monoisotopic (exact) mass is 260 g/mol. The van der Waals surface area contributed by atoms with Crippen molar-refractivity contribution >= 4 is 16.6 Å². The summed E-state index contributed by atoms with van der Waals surface area (Å²) in [5, 5.41) is 2.07. The zero-order chi connectivity index (χ0) is 13.7. The molecular formula is C18H12O2. The van der Waals surface area contributed by atoms with Crippen molar-refractivity contribution in [1.29, 1.82) is 0 Å². The molecule has 4 rings (SSSR count). The van der Waals surface area contributed by atoms with Gasteiger partial charge in [-0.3, -0.25) is 4.79 Å². The molecule has 0 unspecified atom stereocenters. The van der Waals surface area contributed by atoms with Crippen LogP contribution in [0.25, 0.3) is 21.9 Å². The van der Waals surface area contributed by atoms with Crippen LogP contribution < -0.4 is 4.74 Å². The fourth-order valence-electron chi connectivity index (χ4n) is 3.03. The first-order valence-corrected chi connectivity index (χ1v) is 6.55. The summed E-state index contributed by atoms with van der Waals surface area (Å²) in [7, 11) is 1.67. The van der Waals surface area contributed by atoms with Crippen LogP contribution in [0, 0.1) is 0 Å². The summed E-state index contributed by atoms with van der Waals surface area (Å²) in [5.41, 5.74) is 3.49. The Hall–Kier alpha value is -2.61. The predicted molar refractivity (Wildman–Crippen MR) is 79.4 cm³/mol. The second kappa shape index (κ2) is 3.94. The van der Waals surface area contributed by atoms with Crippen molar-refractivity contribution in [2.45, 2.75) is 0 Å². The van der Waals surface area contributed by atoms with Crippen molar-refractivity contribution < 1.29 is 9.53 Å². The molecule has 0 N–H and O–H groups in total. The highest BCUT2D eigenvalue weighted by atomic mass is 16.5. The maximum Gasteiger partial charge on any atom is 0.194 e. The third-order valence-corrected chi connectivity index (χ3v) is 3.91. The van der Waals surface area contributed by atoms with Gasteiger partial charge in [-0.15, -0.1) is 0 Å². The average Bonchev–Trinajstić information content (AvgIpc) is 2.52. The molecule has 0 atom stereocenters. The topological polar surface area (TPSA) is 26.3 Å². The fourth-order valence-corrected chi connectivity index (χ4v) is 3.03. The minimum atomic E-state index is 0.0898. The van der Waals surface area contributed by atoms with Gasteiger partial charge < -0.3 is 4.74 Å². The van der Waals surface area contributed by atoms with Gasteiger partial charge in [0, 0.05) is 22.1 Å². The Morgan fingerprint density at radius 1 is 0.800 bits per heavy atom. The Morgan fingerprint density at radius 3 is 2.35 bits per heavy atom. The molecule has 3 aromatic rings. The number of benzene rings is 3. The Balaban J connectivity index is 2.28. The predicted octanol–water partition coefficient (Wildman–Crippen LogP) is 4.06. The molecule has 0 bridgehead atoms. The van der Waals surface area contributed by atoms with Gasteiger partial charge in [-0.05, 0) is 17.0 Å². The largest absolute Gasteiger partial charge is 0.496 e. The van der Waals surface area contributed by atoms with Crippen molar-refractivity contribution in [3.8, 4) is 16.9 Å². The van der Waals surface area contributed by atoms with Gasteiger partial charge in [0.2, 0.25) is 0 Å². The summed E-state index contributed by atoms with van der Waals surface area (Å²) in [6.45, 7) is 0. The molecule has 0 spiro atoms. The summed E-state index contributed by atoms with van der Waals surface area (Å²) >= 11 is 0. The molecule has 20 heavy (non-hydrogen) atoms. The number of ether oxygens (including phenoxy) is 1. The average molecular weight is 260 g/mol. The van der Waals surface area contributed by atoms with Crippen molar-refractivity contribution in [2.24, 2.45) is 0 Å². The molecule has 0 aliphatic heterocycles. The lowest BCUT2D eigenvalue weighted by atomic mass is 9.82. The number of rotatable bonds is 1. The molecule has 96 valence electrons. The van der Waals surface area contributed by atoms with E-state index < -0.39 is 0 Å². The van der Waals surface area contributed by atoms with Gasteiger partial charge in [0.15, 0.2) is 5.78 Å². The number of carbonyl (C=O) groups is 1. The third kappa shape index (κ3) is 1.31. The summed E-state index contributed by atoms with van der Waals surface area (Å²) in [6, 6.07) is 17.5. The fraction of sp³-hybridized carbons (Fsp3) is 0.0556. The summed E-state index contributed by atoms with van der Waals surface area (Å²) in [5.74, 6) is 0.900. The number of hydrogen-bond acceptors (Lipinski definition) is 2. The first-order chi connectivity index (χ1) is 9.81. The van der Waals surface area contributed by atoms with E-state index >= 15 is 0 Å². The second-order valence-corrected chi connectivity index (χ2v) is 4.92. The van der Waals surface area contributed by atoms with E-state index in [9.17, 15) is 4.79 Å². The van der Waals surface area contributed by atoms with Crippen molar-refractivity contribution in [3.05, 3.63) is 65.7 Å². The molecule has 0 fully saturated rings. The lowest BCUT2D eigenvalue weighted by molar-refractivity contribution is 0.104. The van der Waals surface area contributed by atoms with Gasteiger partial charge in [-0.2, -0.15) is 0 Å². The van der Waals surface area contributed by atoms with E-state index in [1.807, 2.05) is 54.6 Å². The van der Waals surface area contributed by atoms with Gasteiger partial charge in [0.1, 0.15) is 5.75 Å². The SMILES string of the molecule is COc1ccc2cccc3c2c1-c1ccccc1C3=O. The van der Waals surface area contributed by atoms with E-state index in [1.54, 1.807) is 7.11 Å². The third-order valence-electron chi connectivity index (χ3n) is 3.91. The highest BCUT2D eigenvalue weighted by Crippen LogP contribution is 2.44. The lowest BCUT2D eigenvalue weighted by Gasteiger charge is -2.21. The number of hydrogen-bond donors (Lipinski definition) is 0. The second-order valence-electron chi connectivity index (χ2n) is 4.92. The standard InChI is InChI=1S/C18H12O2/c1-20-15-10-9-11-5-4-8-14-16(11)17(15)12-6-2-3-7-13(12)18(14)19/h2-10H,1H3. The van der Waals surface area contributed by atoms with Crippen molar-refractivity contribution in [2.75, 3.05) is 7.11 Å². The summed E-state index contributed by atoms with van der Waals surface area (Å²) in [6.07, 6.45) is 0. The van der Waals surface area contributed by atoms with Crippen molar-refractivity contribution in [3.63, 3.8) is 0 Å². The molecule has 3 aromatic carbocycles. The lowest BCUT2D eigenvalue weighted by Crippen LogP contribution is -2.10. The van der Waals surface area contributed by atoms with E-state index in [1.165, 1.54) is 0 Å². The van der Waals surface area contributed by atoms with E-state index in [4.69, 9.17) is 4.74 Å². The Bertz CT molecular complexity index is 862. The zero-order valence-corrected chi connectivity index (χ0v) is 11.0. The first kappa shape index (κ1) is 11.2. The molecule has 0 amide bonds. The van der Waals surface area contributed by atoms with Crippen LogP contribution in [0.2, 0.25) is 0 Å². The maximum atomic E-state index is 12.7. The van der Waals surface area contributed by atoms with Gasteiger partial charge in [-0.1, -0.05) is 48.5 Å². The Labute approximate surface area is 116 Å². The van der Waals surface area contributed by atoms with Crippen LogP contribution in [0.5, 0.6) is 5.75 Å². The molecule has 0 saturated heterocycles. The molecule has 0 radical (unpaired) electrons. The van der Waals surface area contributed by atoms with Gasteiger partial charge in [0.05, 0.1) is 7.11 Å². The van der Waals surface area contributed by atoms with E-state index in [0.29, 0.717) is 0 Å². The number of carbonyl (C=O) groups excluding carboxylic acids is 1. The van der Waals surface area contributed by atoms with E-state index in [2.05, 4.69) is 0 Å². The number of ketones is 1. The molecule has 0 aromatic heterocycles. The maximum absolute atomic E-state index is 12.7. The minimum Gasteiger partial charge on any atom is -0.496 e.